The molecule has 1 saturated heterocycles. The topological polar surface area (TPSA) is 78.4 Å². The van der Waals surface area contributed by atoms with Crippen LogP contribution in [0.3, 0.4) is 0 Å². The van der Waals surface area contributed by atoms with Gasteiger partial charge in [0.05, 0.1) is 5.70 Å². The molecule has 3 rings (SSSR count). The van der Waals surface area contributed by atoms with Gasteiger partial charge in [-0.1, -0.05) is 37.1 Å². The standard InChI is InChI=1S/C20H23F3N2O3/c1-3-4-12-16(11-6-5-10(2)9-14(11)17(12)26)25-19(28)13-7-8-15(20(21,22)23)24-18(13)27/h5-6,9,13,15,17,26H,3-4,7-8H2,1-2H3,(H,24,27)(H,25,28). The van der Waals surface area contributed by atoms with Gasteiger partial charge in [-0.25, -0.2) is 0 Å². The average Bonchev–Trinajstić information content (AvgIpc) is 2.86. The summed E-state index contributed by atoms with van der Waals surface area (Å²) >= 11 is 0. The Morgan fingerprint density at radius 2 is 2.04 bits per heavy atom. The highest BCUT2D eigenvalue weighted by atomic mass is 19.4. The normalized spacial score (nSPS) is 24.8. The first kappa shape index (κ1) is 20.4. The van der Waals surface area contributed by atoms with Gasteiger partial charge < -0.3 is 15.7 Å². The number of carbonyl (C=O) groups excluding carboxylic acids is 2. The fourth-order valence-electron chi connectivity index (χ4n) is 3.83. The van der Waals surface area contributed by atoms with Crippen LogP contribution in [0.25, 0.3) is 5.70 Å². The third-order valence-electron chi connectivity index (χ3n) is 5.28. The molecule has 1 heterocycles. The van der Waals surface area contributed by atoms with Crippen molar-refractivity contribution in [3.05, 3.63) is 40.5 Å². The first-order valence-corrected chi connectivity index (χ1v) is 9.33. The van der Waals surface area contributed by atoms with Gasteiger partial charge in [-0.3, -0.25) is 9.59 Å². The van der Waals surface area contributed by atoms with E-state index in [4.69, 9.17) is 0 Å². The number of amides is 2. The van der Waals surface area contributed by atoms with Crippen LogP contribution in [-0.2, 0) is 9.59 Å². The molecule has 3 N–H and O–H groups in total. The first-order chi connectivity index (χ1) is 13.1. The van der Waals surface area contributed by atoms with Gasteiger partial charge in [0, 0.05) is 5.56 Å². The second kappa shape index (κ2) is 7.58. The highest BCUT2D eigenvalue weighted by molar-refractivity contribution is 6.04. The summed E-state index contributed by atoms with van der Waals surface area (Å²) in [6.07, 6.45) is -4.60. The number of hydrogen-bond acceptors (Lipinski definition) is 3. The van der Waals surface area contributed by atoms with E-state index in [-0.39, 0.29) is 12.8 Å². The molecule has 2 aliphatic rings. The molecule has 3 unspecified atom stereocenters. The Morgan fingerprint density at radius 3 is 2.64 bits per heavy atom. The molecule has 1 aliphatic heterocycles. The summed E-state index contributed by atoms with van der Waals surface area (Å²) in [6, 6.07) is 3.58. The quantitative estimate of drug-likeness (QED) is 0.685. The monoisotopic (exact) mass is 396 g/mol. The van der Waals surface area contributed by atoms with Gasteiger partial charge in [0.2, 0.25) is 11.8 Å². The summed E-state index contributed by atoms with van der Waals surface area (Å²) in [5.74, 6) is -2.77. The number of nitrogens with one attached hydrogen (secondary N) is 2. The maximum Gasteiger partial charge on any atom is 0.408 e. The van der Waals surface area contributed by atoms with Crippen LogP contribution in [-0.4, -0.2) is 29.1 Å². The lowest BCUT2D eigenvalue weighted by molar-refractivity contribution is -0.171. The number of benzene rings is 1. The molecule has 5 nitrogen and oxygen atoms in total. The van der Waals surface area contributed by atoms with Gasteiger partial charge in [-0.15, -0.1) is 0 Å². The summed E-state index contributed by atoms with van der Waals surface area (Å²) in [4.78, 5) is 24.8. The number of fused-ring (bicyclic) bond motifs is 1. The Labute approximate surface area is 161 Å². The number of rotatable bonds is 4. The zero-order chi connectivity index (χ0) is 20.6. The number of hydrogen-bond donors (Lipinski definition) is 3. The minimum atomic E-state index is -4.53. The average molecular weight is 396 g/mol. The van der Waals surface area contributed by atoms with Gasteiger partial charge in [-0.2, -0.15) is 13.2 Å². The third kappa shape index (κ3) is 3.78. The van der Waals surface area contributed by atoms with Crippen molar-refractivity contribution in [2.24, 2.45) is 5.92 Å². The molecule has 0 saturated carbocycles. The SMILES string of the molecule is CCCC1=C(NC(=O)C2CCC(C(F)(F)F)NC2=O)c2ccc(C)cc2C1O. The predicted molar refractivity (Wildman–Crippen MR) is 96.8 cm³/mol. The van der Waals surface area contributed by atoms with Crippen LogP contribution in [0.5, 0.6) is 0 Å². The van der Waals surface area contributed by atoms with Crippen LogP contribution in [0, 0.1) is 12.8 Å². The zero-order valence-corrected chi connectivity index (χ0v) is 15.7. The van der Waals surface area contributed by atoms with Crippen molar-refractivity contribution >= 4 is 17.5 Å². The molecule has 3 atom stereocenters. The lowest BCUT2D eigenvalue weighted by atomic mass is 9.92. The molecule has 0 aromatic heterocycles. The smallest absolute Gasteiger partial charge is 0.384 e. The van der Waals surface area contributed by atoms with E-state index in [1.807, 2.05) is 31.3 Å². The molecule has 0 spiro atoms. The van der Waals surface area contributed by atoms with Crippen molar-refractivity contribution < 1.29 is 27.9 Å². The summed E-state index contributed by atoms with van der Waals surface area (Å²) in [5.41, 5.74) is 3.44. The molecule has 1 fully saturated rings. The molecule has 2 amide bonds. The molecular weight excluding hydrogens is 373 g/mol. The van der Waals surface area contributed by atoms with E-state index < -0.39 is 36.1 Å². The highest BCUT2D eigenvalue weighted by Crippen LogP contribution is 2.41. The van der Waals surface area contributed by atoms with Crippen molar-refractivity contribution in [1.29, 1.82) is 0 Å². The third-order valence-corrected chi connectivity index (χ3v) is 5.28. The van der Waals surface area contributed by atoms with E-state index in [2.05, 4.69) is 5.32 Å². The van der Waals surface area contributed by atoms with Gasteiger partial charge in [0.25, 0.3) is 0 Å². The van der Waals surface area contributed by atoms with E-state index in [9.17, 15) is 27.9 Å². The van der Waals surface area contributed by atoms with Crippen LogP contribution in [0.15, 0.2) is 23.8 Å². The fraction of sp³-hybridized carbons (Fsp3) is 0.500. The summed E-state index contributed by atoms with van der Waals surface area (Å²) in [5, 5.41) is 15.3. The van der Waals surface area contributed by atoms with Crippen LogP contribution in [0.4, 0.5) is 13.2 Å². The van der Waals surface area contributed by atoms with E-state index in [1.54, 1.807) is 6.07 Å². The number of aryl methyl sites for hydroxylation is 1. The van der Waals surface area contributed by atoms with Gasteiger partial charge >= 0.3 is 6.18 Å². The Bertz CT molecular complexity index is 832. The van der Waals surface area contributed by atoms with Crippen molar-refractivity contribution in [2.75, 3.05) is 0 Å². The first-order valence-electron chi connectivity index (χ1n) is 9.33. The number of piperidine rings is 1. The van der Waals surface area contributed by atoms with Crippen molar-refractivity contribution in [1.82, 2.24) is 10.6 Å². The van der Waals surface area contributed by atoms with Gasteiger partial charge in [0.15, 0.2) is 0 Å². The molecule has 0 radical (unpaired) electrons. The predicted octanol–water partition coefficient (Wildman–Crippen LogP) is 3.13. The summed E-state index contributed by atoms with van der Waals surface area (Å²) in [6.45, 7) is 3.84. The molecule has 1 aromatic carbocycles. The van der Waals surface area contributed by atoms with Crippen LogP contribution in [0.2, 0.25) is 0 Å². The Hall–Kier alpha value is -2.35. The second-order valence-electron chi connectivity index (χ2n) is 7.37. The lowest BCUT2D eigenvalue weighted by Gasteiger charge is -2.30. The lowest BCUT2D eigenvalue weighted by Crippen LogP contribution is -2.54. The van der Waals surface area contributed by atoms with Crippen LogP contribution < -0.4 is 10.6 Å². The maximum absolute atomic E-state index is 12.8. The van der Waals surface area contributed by atoms with Crippen molar-refractivity contribution in [3.8, 4) is 0 Å². The minimum Gasteiger partial charge on any atom is -0.384 e. The number of aliphatic hydroxyl groups is 1. The number of alkyl halides is 3. The van der Waals surface area contributed by atoms with E-state index in [0.717, 1.165) is 12.0 Å². The molecule has 0 bridgehead atoms. The Balaban J connectivity index is 1.82. The molecule has 1 aromatic rings. The highest BCUT2D eigenvalue weighted by Gasteiger charge is 2.46. The van der Waals surface area contributed by atoms with Crippen LogP contribution in [0.1, 0.15) is 55.4 Å². The molecular formula is C20H23F3N2O3. The van der Waals surface area contributed by atoms with Gasteiger partial charge in [-0.05, 0) is 37.3 Å². The van der Waals surface area contributed by atoms with E-state index in [0.29, 0.717) is 28.8 Å². The molecule has 8 heteroatoms. The molecule has 28 heavy (non-hydrogen) atoms. The molecule has 152 valence electrons. The summed E-state index contributed by atoms with van der Waals surface area (Å²) in [7, 11) is 0. The van der Waals surface area contributed by atoms with E-state index >= 15 is 0 Å². The largest absolute Gasteiger partial charge is 0.408 e. The zero-order valence-electron chi connectivity index (χ0n) is 15.7. The van der Waals surface area contributed by atoms with Gasteiger partial charge in [0.1, 0.15) is 18.1 Å². The number of halogens is 3. The van der Waals surface area contributed by atoms with E-state index in [1.165, 1.54) is 0 Å². The summed E-state index contributed by atoms with van der Waals surface area (Å²) < 4.78 is 38.4. The van der Waals surface area contributed by atoms with Crippen LogP contribution >= 0.6 is 0 Å². The van der Waals surface area contributed by atoms with Crippen molar-refractivity contribution in [2.45, 2.75) is 57.9 Å². The second-order valence-corrected chi connectivity index (χ2v) is 7.37. The Kier molecular flexibility index (Phi) is 5.52. The van der Waals surface area contributed by atoms with Crippen molar-refractivity contribution in [3.63, 3.8) is 0 Å². The number of carbonyl (C=O) groups is 2. The molecule has 1 aliphatic carbocycles. The number of aliphatic hydroxyl groups excluding tert-OH is 1. The Morgan fingerprint density at radius 1 is 1.32 bits per heavy atom. The minimum absolute atomic E-state index is 0.179. The fourth-order valence-corrected chi connectivity index (χ4v) is 3.83. The maximum atomic E-state index is 12.8.